The number of furan rings is 1. The molecular formula is C11H15ClN2O3. The zero-order valence-electron chi connectivity index (χ0n) is 9.99. The van der Waals surface area contributed by atoms with Gasteiger partial charge in [-0.05, 0) is 23.7 Å². The molecule has 1 rings (SSSR count). The molecule has 5 nitrogen and oxygen atoms in total. The average Bonchev–Trinajstić information content (AvgIpc) is 2.73. The number of hydrogen-bond acceptors (Lipinski definition) is 3. The topological polar surface area (TPSA) is 62.6 Å². The summed E-state index contributed by atoms with van der Waals surface area (Å²) in [6.07, 6.45) is 0. The summed E-state index contributed by atoms with van der Waals surface area (Å²) >= 11 is 5.59. The van der Waals surface area contributed by atoms with Crippen LogP contribution in [0.3, 0.4) is 0 Å². The maximum absolute atomic E-state index is 11.8. The molecule has 0 fully saturated rings. The second-order valence-corrected chi connectivity index (χ2v) is 4.18. The van der Waals surface area contributed by atoms with E-state index >= 15 is 0 Å². The number of rotatable bonds is 4. The highest BCUT2D eigenvalue weighted by atomic mass is 35.5. The summed E-state index contributed by atoms with van der Waals surface area (Å²) in [5.41, 5.74) is 0. The first-order valence-corrected chi connectivity index (χ1v) is 5.56. The largest absolute Gasteiger partial charge is 0.440 e. The first-order chi connectivity index (χ1) is 7.95. The third kappa shape index (κ3) is 3.49. The van der Waals surface area contributed by atoms with Crippen molar-refractivity contribution in [1.29, 1.82) is 0 Å². The van der Waals surface area contributed by atoms with Crippen LogP contribution in [0.25, 0.3) is 0 Å². The van der Waals surface area contributed by atoms with Crippen molar-refractivity contribution in [3.8, 4) is 0 Å². The van der Waals surface area contributed by atoms with Crippen LogP contribution in [0, 0.1) is 5.92 Å². The summed E-state index contributed by atoms with van der Waals surface area (Å²) in [4.78, 5) is 24.6. The molecule has 0 saturated heterocycles. The number of nitrogens with zero attached hydrogens (tertiary/aromatic N) is 1. The molecule has 0 radical (unpaired) electrons. The molecule has 1 N–H and O–H groups in total. The van der Waals surface area contributed by atoms with E-state index in [1.54, 1.807) is 21.0 Å². The zero-order chi connectivity index (χ0) is 13.0. The Hall–Kier alpha value is -1.49. The van der Waals surface area contributed by atoms with Crippen LogP contribution >= 0.6 is 11.6 Å². The predicted molar refractivity (Wildman–Crippen MR) is 63.9 cm³/mol. The minimum absolute atomic E-state index is 0.109. The Bertz CT molecular complexity index is 417. The molecule has 0 aromatic carbocycles. The van der Waals surface area contributed by atoms with E-state index in [9.17, 15) is 9.59 Å². The maximum Gasteiger partial charge on any atom is 0.289 e. The molecule has 94 valence electrons. The molecular weight excluding hydrogens is 244 g/mol. The van der Waals surface area contributed by atoms with Crippen molar-refractivity contribution >= 4 is 23.4 Å². The molecule has 17 heavy (non-hydrogen) atoms. The van der Waals surface area contributed by atoms with Crippen LogP contribution in [-0.4, -0.2) is 37.4 Å². The van der Waals surface area contributed by atoms with E-state index < -0.39 is 0 Å². The molecule has 0 bridgehead atoms. The maximum atomic E-state index is 11.8. The van der Waals surface area contributed by atoms with Crippen molar-refractivity contribution in [1.82, 2.24) is 10.2 Å². The third-order valence-corrected chi connectivity index (χ3v) is 2.58. The van der Waals surface area contributed by atoms with Crippen LogP contribution in [0.5, 0.6) is 0 Å². The van der Waals surface area contributed by atoms with Gasteiger partial charge >= 0.3 is 0 Å². The quantitative estimate of drug-likeness (QED) is 0.888. The smallest absolute Gasteiger partial charge is 0.289 e. The van der Waals surface area contributed by atoms with E-state index in [0.29, 0.717) is 6.54 Å². The number of amides is 2. The molecule has 1 heterocycles. The van der Waals surface area contributed by atoms with Crippen LogP contribution < -0.4 is 5.32 Å². The van der Waals surface area contributed by atoms with Gasteiger partial charge in [0.25, 0.3) is 5.91 Å². The van der Waals surface area contributed by atoms with E-state index in [-0.39, 0.29) is 28.7 Å². The molecule has 2 amide bonds. The van der Waals surface area contributed by atoms with Gasteiger partial charge in [-0.15, -0.1) is 0 Å². The van der Waals surface area contributed by atoms with Crippen LogP contribution in [0.2, 0.25) is 5.22 Å². The van der Waals surface area contributed by atoms with Crippen molar-refractivity contribution in [3.05, 3.63) is 23.1 Å². The number of carbonyl (C=O) groups excluding carboxylic acids is 2. The van der Waals surface area contributed by atoms with Crippen LogP contribution in [0.15, 0.2) is 16.5 Å². The molecule has 0 spiro atoms. The number of halogens is 1. The lowest BCUT2D eigenvalue weighted by molar-refractivity contribution is -0.124. The SMILES string of the molecule is CNC(=O)C(C)CN(C)C(=O)c1ccc(Cl)o1. The van der Waals surface area contributed by atoms with Crippen LogP contribution in [-0.2, 0) is 4.79 Å². The molecule has 1 atom stereocenters. The van der Waals surface area contributed by atoms with Crippen molar-refractivity contribution in [2.75, 3.05) is 20.6 Å². The Labute approximate surface area is 105 Å². The van der Waals surface area contributed by atoms with E-state index in [1.807, 2.05) is 0 Å². The molecule has 0 aliphatic heterocycles. The van der Waals surface area contributed by atoms with Gasteiger partial charge in [0.05, 0.1) is 5.92 Å². The van der Waals surface area contributed by atoms with Crippen LogP contribution in [0.1, 0.15) is 17.5 Å². The third-order valence-electron chi connectivity index (χ3n) is 2.37. The number of nitrogens with one attached hydrogen (secondary N) is 1. The second kappa shape index (κ2) is 5.72. The van der Waals surface area contributed by atoms with Crippen molar-refractivity contribution in [2.24, 2.45) is 5.92 Å². The highest BCUT2D eigenvalue weighted by molar-refractivity contribution is 6.29. The Morgan fingerprint density at radius 3 is 2.65 bits per heavy atom. The molecule has 0 saturated carbocycles. The lowest BCUT2D eigenvalue weighted by Gasteiger charge is -2.19. The monoisotopic (exact) mass is 258 g/mol. The van der Waals surface area contributed by atoms with Gasteiger partial charge in [0.1, 0.15) is 0 Å². The lowest BCUT2D eigenvalue weighted by Crippen LogP contribution is -2.37. The molecule has 1 aromatic rings. The van der Waals surface area contributed by atoms with Crippen molar-refractivity contribution in [2.45, 2.75) is 6.92 Å². The molecule has 1 aromatic heterocycles. The van der Waals surface area contributed by atoms with Gasteiger partial charge in [0, 0.05) is 20.6 Å². The minimum Gasteiger partial charge on any atom is -0.440 e. The Morgan fingerprint density at radius 1 is 1.53 bits per heavy atom. The minimum atomic E-state index is -0.298. The van der Waals surface area contributed by atoms with Crippen LogP contribution in [0.4, 0.5) is 0 Å². The highest BCUT2D eigenvalue weighted by Crippen LogP contribution is 2.15. The summed E-state index contributed by atoms with van der Waals surface area (Å²) in [5.74, 6) is -0.518. The summed E-state index contributed by atoms with van der Waals surface area (Å²) in [6, 6.07) is 3.01. The standard InChI is InChI=1S/C11H15ClN2O3/c1-7(10(15)13-2)6-14(3)11(16)8-4-5-9(12)17-8/h4-5,7H,6H2,1-3H3,(H,13,15). The van der Waals surface area contributed by atoms with Gasteiger partial charge in [-0.3, -0.25) is 9.59 Å². The summed E-state index contributed by atoms with van der Waals surface area (Å²) in [7, 11) is 3.17. The number of hydrogen-bond donors (Lipinski definition) is 1. The van der Waals surface area contributed by atoms with Crippen molar-refractivity contribution < 1.29 is 14.0 Å². The van der Waals surface area contributed by atoms with Gasteiger partial charge in [0.15, 0.2) is 11.0 Å². The summed E-state index contributed by atoms with van der Waals surface area (Å²) in [6.45, 7) is 2.06. The fourth-order valence-electron chi connectivity index (χ4n) is 1.44. The molecule has 1 unspecified atom stereocenters. The molecule has 0 aliphatic rings. The second-order valence-electron chi connectivity index (χ2n) is 3.80. The summed E-state index contributed by atoms with van der Waals surface area (Å²) < 4.78 is 5.01. The first-order valence-electron chi connectivity index (χ1n) is 5.18. The Balaban J connectivity index is 2.62. The van der Waals surface area contributed by atoms with Gasteiger partial charge in [-0.1, -0.05) is 6.92 Å². The normalized spacial score (nSPS) is 12.0. The number of carbonyl (C=O) groups is 2. The van der Waals surface area contributed by atoms with Gasteiger partial charge in [-0.25, -0.2) is 0 Å². The lowest BCUT2D eigenvalue weighted by atomic mass is 10.1. The van der Waals surface area contributed by atoms with E-state index in [0.717, 1.165) is 0 Å². The van der Waals surface area contributed by atoms with E-state index in [2.05, 4.69) is 5.32 Å². The fraction of sp³-hybridized carbons (Fsp3) is 0.455. The Kier molecular flexibility index (Phi) is 4.57. The predicted octanol–water partition coefficient (Wildman–Crippen LogP) is 1.39. The highest BCUT2D eigenvalue weighted by Gasteiger charge is 2.20. The van der Waals surface area contributed by atoms with Crippen molar-refractivity contribution in [3.63, 3.8) is 0 Å². The molecule has 0 aliphatic carbocycles. The van der Waals surface area contributed by atoms with Gasteiger partial charge in [0.2, 0.25) is 5.91 Å². The van der Waals surface area contributed by atoms with Gasteiger partial charge in [-0.2, -0.15) is 0 Å². The van der Waals surface area contributed by atoms with E-state index in [4.69, 9.17) is 16.0 Å². The molecule has 6 heteroatoms. The Morgan fingerprint density at radius 2 is 2.18 bits per heavy atom. The fourth-order valence-corrected chi connectivity index (χ4v) is 1.59. The average molecular weight is 259 g/mol. The summed E-state index contributed by atoms with van der Waals surface area (Å²) in [5, 5.41) is 2.70. The zero-order valence-corrected chi connectivity index (χ0v) is 10.7. The first kappa shape index (κ1) is 13.6. The van der Waals surface area contributed by atoms with Gasteiger partial charge < -0.3 is 14.6 Å². The van der Waals surface area contributed by atoms with E-state index in [1.165, 1.54) is 17.0 Å².